The topological polar surface area (TPSA) is 40.5 Å². The third-order valence-electron chi connectivity index (χ3n) is 2.33. The molecule has 2 N–H and O–H groups in total. The Morgan fingerprint density at radius 3 is 1.93 bits per heavy atom. The smallest absolute Gasteiger partial charge is 0.102 e. The van der Waals surface area contributed by atoms with E-state index < -0.39 is 19.9 Å². The van der Waals surface area contributed by atoms with Crippen molar-refractivity contribution in [2.24, 2.45) is 0 Å². The van der Waals surface area contributed by atoms with Gasteiger partial charge < -0.3 is 10.2 Å². The molecule has 1 rings (SSSR count). The van der Waals surface area contributed by atoms with E-state index in [0.717, 1.165) is 5.56 Å². The Morgan fingerprint density at radius 1 is 1.00 bits per heavy atom. The number of aliphatic hydroxyl groups is 2. The summed E-state index contributed by atoms with van der Waals surface area (Å²) >= 11 is 0. The number of rotatable bonds is 3. The van der Waals surface area contributed by atoms with E-state index in [4.69, 9.17) is 0 Å². The van der Waals surface area contributed by atoms with Crippen LogP contribution in [0.3, 0.4) is 0 Å². The molecular weight excluding hydrogens is 192 g/mol. The summed E-state index contributed by atoms with van der Waals surface area (Å²) in [6, 6.07) is 9.32. The van der Waals surface area contributed by atoms with Crippen molar-refractivity contribution in [1.29, 1.82) is 0 Å². The zero-order chi connectivity index (χ0) is 10.8. The average molecular weight is 210 g/mol. The minimum Gasteiger partial charge on any atom is -0.394 e. The lowest BCUT2D eigenvalue weighted by Crippen LogP contribution is -2.42. The first-order valence-electron chi connectivity index (χ1n) is 4.84. The molecule has 3 heteroatoms. The molecule has 1 aromatic carbocycles. The van der Waals surface area contributed by atoms with Crippen LogP contribution in [0.5, 0.6) is 0 Å². The molecule has 2 nitrogen and oxygen atoms in total. The summed E-state index contributed by atoms with van der Waals surface area (Å²) in [5, 5.41) is 19.8. The van der Waals surface area contributed by atoms with E-state index in [0.29, 0.717) is 0 Å². The Kier molecular flexibility index (Phi) is 3.47. The van der Waals surface area contributed by atoms with Gasteiger partial charge in [-0.1, -0.05) is 50.0 Å². The maximum absolute atomic E-state index is 9.92. The van der Waals surface area contributed by atoms with E-state index in [1.807, 2.05) is 50.0 Å². The van der Waals surface area contributed by atoms with Crippen LogP contribution in [0.4, 0.5) is 0 Å². The van der Waals surface area contributed by atoms with E-state index in [1.54, 1.807) is 0 Å². The molecule has 0 bridgehead atoms. The first-order chi connectivity index (χ1) is 6.43. The van der Waals surface area contributed by atoms with Crippen molar-refractivity contribution in [2.75, 3.05) is 0 Å². The summed E-state index contributed by atoms with van der Waals surface area (Å²) < 4.78 is 0. The predicted octanol–water partition coefficient (Wildman–Crippen LogP) is 1.96. The molecule has 78 valence electrons. The fourth-order valence-electron chi connectivity index (χ4n) is 1.31. The molecule has 2 atom stereocenters. The highest BCUT2D eigenvalue weighted by Crippen LogP contribution is 2.23. The predicted molar refractivity (Wildman–Crippen MR) is 60.8 cm³/mol. The van der Waals surface area contributed by atoms with Crippen molar-refractivity contribution in [3.63, 3.8) is 0 Å². The van der Waals surface area contributed by atoms with Gasteiger partial charge in [0.25, 0.3) is 0 Å². The van der Waals surface area contributed by atoms with Gasteiger partial charge in [0.2, 0.25) is 0 Å². The first-order valence-corrected chi connectivity index (χ1v) is 8.42. The summed E-state index contributed by atoms with van der Waals surface area (Å²) in [5.74, 6) is 0. The normalized spacial score (nSPS) is 16.4. The summed E-state index contributed by atoms with van der Waals surface area (Å²) in [6.45, 7) is 6.14. The van der Waals surface area contributed by atoms with Crippen LogP contribution in [0, 0.1) is 0 Å². The van der Waals surface area contributed by atoms with Gasteiger partial charge in [-0.2, -0.15) is 0 Å². The van der Waals surface area contributed by atoms with Crippen molar-refractivity contribution in [1.82, 2.24) is 0 Å². The highest BCUT2D eigenvalue weighted by molar-refractivity contribution is 6.77. The number of hydrogen-bond acceptors (Lipinski definition) is 2. The van der Waals surface area contributed by atoms with Gasteiger partial charge in [-0.3, -0.25) is 0 Å². The molecule has 0 saturated heterocycles. The van der Waals surface area contributed by atoms with Crippen LogP contribution in [-0.2, 0) is 0 Å². The van der Waals surface area contributed by atoms with Crippen LogP contribution in [0.2, 0.25) is 19.6 Å². The summed E-state index contributed by atoms with van der Waals surface area (Å²) in [6.07, 6.45) is -0.747. The Labute approximate surface area is 86.2 Å². The van der Waals surface area contributed by atoms with Crippen LogP contribution < -0.4 is 0 Å². The van der Waals surface area contributed by atoms with Crippen molar-refractivity contribution < 1.29 is 10.2 Å². The molecule has 14 heavy (non-hydrogen) atoms. The lowest BCUT2D eigenvalue weighted by molar-refractivity contribution is 0.0616. The summed E-state index contributed by atoms with van der Waals surface area (Å²) in [5.41, 5.74) is 0.187. The third kappa shape index (κ3) is 2.67. The van der Waals surface area contributed by atoms with Crippen LogP contribution in [0.15, 0.2) is 30.3 Å². The van der Waals surface area contributed by atoms with E-state index in [1.165, 1.54) is 0 Å². The molecule has 0 heterocycles. The number of hydrogen-bond donors (Lipinski definition) is 2. The Balaban J connectivity index is 2.81. The van der Waals surface area contributed by atoms with Gasteiger partial charge in [0.1, 0.15) is 6.10 Å². The van der Waals surface area contributed by atoms with E-state index >= 15 is 0 Å². The molecule has 0 aliphatic heterocycles. The molecule has 0 amide bonds. The fourth-order valence-corrected chi connectivity index (χ4v) is 2.45. The van der Waals surface area contributed by atoms with Crippen LogP contribution >= 0.6 is 0 Å². The van der Waals surface area contributed by atoms with Crippen molar-refractivity contribution in [2.45, 2.75) is 31.5 Å². The fraction of sp³-hybridized carbons (Fsp3) is 0.455. The monoisotopic (exact) mass is 210 g/mol. The second-order valence-electron chi connectivity index (χ2n) is 4.67. The maximum atomic E-state index is 9.92. The molecule has 0 aromatic heterocycles. The highest BCUT2D eigenvalue weighted by atomic mass is 28.3. The third-order valence-corrected chi connectivity index (χ3v) is 4.42. The minimum absolute atomic E-state index is 0.607. The summed E-state index contributed by atoms with van der Waals surface area (Å²) in [7, 11) is -1.70. The Bertz CT molecular complexity index is 279. The SMILES string of the molecule is C[Si](C)(C)[C@H](O)[C@H](O)c1ccccc1. The molecule has 0 aliphatic carbocycles. The second-order valence-corrected chi connectivity index (χ2v) is 9.99. The Morgan fingerprint density at radius 2 is 1.50 bits per heavy atom. The average Bonchev–Trinajstić information content (AvgIpc) is 2.15. The Hall–Kier alpha value is -0.643. The molecule has 0 fully saturated rings. The quantitative estimate of drug-likeness (QED) is 0.749. The molecule has 0 spiro atoms. The second kappa shape index (κ2) is 4.25. The zero-order valence-electron chi connectivity index (χ0n) is 8.94. The minimum atomic E-state index is -1.70. The van der Waals surface area contributed by atoms with Gasteiger partial charge in [-0.25, -0.2) is 0 Å². The first kappa shape index (κ1) is 11.4. The van der Waals surface area contributed by atoms with E-state index in [9.17, 15) is 10.2 Å². The van der Waals surface area contributed by atoms with Gasteiger partial charge in [-0.15, -0.1) is 0 Å². The molecule has 1 aromatic rings. The van der Waals surface area contributed by atoms with E-state index in [2.05, 4.69) is 0 Å². The van der Waals surface area contributed by atoms with E-state index in [-0.39, 0.29) is 0 Å². The number of aliphatic hydroxyl groups excluding tert-OH is 2. The maximum Gasteiger partial charge on any atom is 0.102 e. The van der Waals surface area contributed by atoms with Gasteiger partial charge >= 0.3 is 0 Å². The largest absolute Gasteiger partial charge is 0.394 e. The van der Waals surface area contributed by atoms with Crippen LogP contribution in [0.1, 0.15) is 11.7 Å². The molecule has 0 aliphatic rings. The van der Waals surface area contributed by atoms with Gasteiger partial charge in [0.15, 0.2) is 0 Å². The number of benzene rings is 1. The molecule has 0 unspecified atom stereocenters. The lowest BCUT2D eigenvalue weighted by Gasteiger charge is -2.28. The van der Waals surface area contributed by atoms with Crippen molar-refractivity contribution in [3.8, 4) is 0 Å². The van der Waals surface area contributed by atoms with Crippen molar-refractivity contribution in [3.05, 3.63) is 35.9 Å². The summed E-state index contributed by atoms with van der Waals surface area (Å²) in [4.78, 5) is 0. The van der Waals surface area contributed by atoms with Crippen LogP contribution in [0.25, 0.3) is 0 Å². The van der Waals surface area contributed by atoms with Gasteiger partial charge in [0, 0.05) is 0 Å². The zero-order valence-corrected chi connectivity index (χ0v) is 9.94. The molecular formula is C11H18O2Si. The van der Waals surface area contributed by atoms with Gasteiger partial charge in [-0.05, 0) is 5.56 Å². The lowest BCUT2D eigenvalue weighted by atomic mass is 10.1. The van der Waals surface area contributed by atoms with Gasteiger partial charge in [0.05, 0.1) is 13.8 Å². The van der Waals surface area contributed by atoms with Crippen LogP contribution in [-0.4, -0.2) is 24.0 Å². The van der Waals surface area contributed by atoms with Crippen molar-refractivity contribution >= 4 is 8.07 Å². The standard InChI is InChI=1S/C11H18O2Si/c1-14(2,3)11(13)10(12)9-7-5-4-6-8-9/h4-8,10-13H,1-3H3/t10-,11+/m1/s1. The highest BCUT2D eigenvalue weighted by Gasteiger charge is 2.31. The molecule has 0 radical (unpaired) electrons. The molecule has 0 saturated carbocycles.